The lowest BCUT2D eigenvalue weighted by molar-refractivity contribution is 0.0974. The molecule has 0 spiro atoms. The van der Waals surface area contributed by atoms with Gasteiger partial charge in [-0.1, -0.05) is 24.3 Å². The van der Waals surface area contributed by atoms with Crippen LogP contribution in [0.2, 0.25) is 0 Å². The molecule has 1 heterocycles. The minimum Gasteiger partial charge on any atom is -0.445 e. The van der Waals surface area contributed by atoms with Gasteiger partial charge in [-0.25, -0.2) is 4.79 Å². The maximum Gasteiger partial charge on any atom is 0.407 e. The number of rotatable bonds is 3. The quantitative estimate of drug-likeness (QED) is 0.800. The summed E-state index contributed by atoms with van der Waals surface area (Å²) in [5, 5.41) is 2.60. The molecule has 122 valence electrons. The van der Waals surface area contributed by atoms with E-state index in [0.717, 1.165) is 0 Å². The average Bonchev–Trinajstić information content (AvgIpc) is 2.57. The van der Waals surface area contributed by atoms with Crippen molar-refractivity contribution in [2.45, 2.75) is 26.5 Å². The number of hydrogen-bond acceptors (Lipinski definition) is 5. The molecule has 1 aromatic carbocycles. The molecule has 0 saturated carbocycles. The topological polar surface area (TPSA) is 85.4 Å². The Hall–Kier alpha value is -3.02. The van der Waals surface area contributed by atoms with Crippen molar-refractivity contribution in [1.29, 1.82) is 0 Å². The largest absolute Gasteiger partial charge is 0.445 e. The monoisotopic (exact) mass is 324 g/mol. The van der Waals surface area contributed by atoms with Crippen molar-refractivity contribution >= 4 is 17.7 Å². The lowest BCUT2D eigenvalue weighted by Crippen LogP contribution is -2.30. The normalized spacial score (nSPS) is 12.6. The van der Waals surface area contributed by atoms with Gasteiger partial charge in [0.15, 0.2) is 5.78 Å². The van der Waals surface area contributed by atoms with E-state index >= 15 is 0 Å². The third-order valence-electron chi connectivity index (χ3n) is 3.60. The zero-order chi connectivity index (χ0) is 17.3. The molecular weight excluding hydrogens is 308 g/mol. The summed E-state index contributed by atoms with van der Waals surface area (Å²) in [5.74, 6) is -0.522. The number of pyridine rings is 1. The van der Waals surface area contributed by atoms with Gasteiger partial charge in [0.05, 0.1) is 5.56 Å². The van der Waals surface area contributed by atoms with Gasteiger partial charge < -0.3 is 10.1 Å². The van der Waals surface area contributed by atoms with Crippen molar-refractivity contribution in [3.05, 3.63) is 64.5 Å². The Kier molecular flexibility index (Phi) is 4.12. The number of amides is 1. The van der Waals surface area contributed by atoms with Crippen LogP contribution in [0.3, 0.4) is 0 Å². The van der Waals surface area contributed by atoms with Gasteiger partial charge in [0.1, 0.15) is 12.3 Å². The molecule has 1 aliphatic rings. The molecule has 2 aromatic rings. The van der Waals surface area contributed by atoms with Crippen LogP contribution in [0.4, 0.5) is 4.79 Å². The minimum atomic E-state index is -0.546. The lowest BCUT2D eigenvalue weighted by Gasteiger charge is -2.17. The number of nitrogens with one attached hydrogen (secondary N) is 1. The molecule has 0 atom stereocenters. The molecule has 6 nitrogen and oxygen atoms in total. The number of aromatic nitrogens is 1. The number of ketones is 2. The zero-order valence-electron chi connectivity index (χ0n) is 13.3. The standard InChI is InChI=1S/C18H16N2O4/c1-10(2)20-18(23)24-9-11-7-14-15(19-8-11)17(22)13-6-4-3-5-12(13)16(14)21/h3-8,10H,9H2,1-2H3,(H,20,23). The molecule has 1 N–H and O–H groups in total. The van der Waals surface area contributed by atoms with E-state index in [2.05, 4.69) is 10.3 Å². The van der Waals surface area contributed by atoms with Crippen LogP contribution in [0, 0.1) is 0 Å². The van der Waals surface area contributed by atoms with Crippen LogP contribution in [0.15, 0.2) is 36.5 Å². The summed E-state index contributed by atoms with van der Waals surface area (Å²) in [4.78, 5) is 40.6. The molecular formula is C18H16N2O4. The van der Waals surface area contributed by atoms with Crippen molar-refractivity contribution in [3.8, 4) is 0 Å². The zero-order valence-corrected chi connectivity index (χ0v) is 13.3. The molecule has 0 unspecified atom stereocenters. The fourth-order valence-corrected chi connectivity index (χ4v) is 2.52. The van der Waals surface area contributed by atoms with Crippen molar-refractivity contribution in [2.24, 2.45) is 0 Å². The van der Waals surface area contributed by atoms with Crippen LogP contribution in [-0.4, -0.2) is 28.7 Å². The van der Waals surface area contributed by atoms with E-state index in [4.69, 9.17) is 4.74 Å². The van der Waals surface area contributed by atoms with Gasteiger partial charge in [-0.15, -0.1) is 0 Å². The van der Waals surface area contributed by atoms with E-state index < -0.39 is 6.09 Å². The molecule has 0 saturated heterocycles. The van der Waals surface area contributed by atoms with Crippen LogP contribution in [0.1, 0.15) is 51.4 Å². The maximum absolute atomic E-state index is 12.6. The van der Waals surface area contributed by atoms with Gasteiger partial charge in [0, 0.05) is 28.9 Å². The van der Waals surface area contributed by atoms with Crippen molar-refractivity contribution < 1.29 is 19.1 Å². The number of alkyl carbamates (subject to hydrolysis) is 1. The Labute approximate surface area is 138 Å². The van der Waals surface area contributed by atoms with Crippen LogP contribution < -0.4 is 5.32 Å². The molecule has 0 radical (unpaired) electrons. The highest BCUT2D eigenvalue weighted by atomic mass is 16.5. The maximum atomic E-state index is 12.6. The number of carbonyl (C=O) groups is 3. The summed E-state index contributed by atoms with van der Waals surface area (Å²) in [6, 6.07) is 8.19. The molecule has 1 aliphatic carbocycles. The summed E-state index contributed by atoms with van der Waals surface area (Å²) in [6.45, 7) is 3.62. The third-order valence-corrected chi connectivity index (χ3v) is 3.60. The Morgan fingerprint density at radius 3 is 2.46 bits per heavy atom. The first kappa shape index (κ1) is 15.9. The second kappa shape index (κ2) is 6.23. The molecule has 24 heavy (non-hydrogen) atoms. The van der Waals surface area contributed by atoms with Gasteiger partial charge in [-0.2, -0.15) is 0 Å². The summed E-state index contributed by atoms with van der Waals surface area (Å²) < 4.78 is 5.08. The van der Waals surface area contributed by atoms with E-state index in [1.54, 1.807) is 30.3 Å². The Bertz CT molecular complexity index is 843. The van der Waals surface area contributed by atoms with Crippen LogP contribution in [0.25, 0.3) is 0 Å². The Balaban J connectivity index is 1.85. The number of nitrogens with zero attached hydrogens (tertiary/aromatic N) is 1. The van der Waals surface area contributed by atoms with Crippen molar-refractivity contribution in [2.75, 3.05) is 0 Å². The second-order valence-corrected chi connectivity index (χ2v) is 5.82. The fourth-order valence-electron chi connectivity index (χ4n) is 2.52. The molecule has 6 heteroatoms. The highest BCUT2D eigenvalue weighted by molar-refractivity contribution is 6.27. The lowest BCUT2D eigenvalue weighted by atomic mass is 9.86. The smallest absolute Gasteiger partial charge is 0.407 e. The number of hydrogen-bond donors (Lipinski definition) is 1. The molecule has 0 aliphatic heterocycles. The number of ether oxygens (including phenoxy) is 1. The summed E-state index contributed by atoms with van der Waals surface area (Å²) >= 11 is 0. The molecule has 0 bridgehead atoms. The summed E-state index contributed by atoms with van der Waals surface area (Å²) in [7, 11) is 0. The average molecular weight is 324 g/mol. The van der Waals surface area contributed by atoms with E-state index in [1.807, 2.05) is 13.8 Å². The first-order valence-electron chi connectivity index (χ1n) is 7.58. The summed E-state index contributed by atoms with van der Waals surface area (Å²) in [5.41, 5.74) is 1.65. The highest BCUT2D eigenvalue weighted by Crippen LogP contribution is 2.26. The summed E-state index contributed by atoms with van der Waals surface area (Å²) in [6.07, 6.45) is 0.899. The van der Waals surface area contributed by atoms with E-state index in [9.17, 15) is 14.4 Å². The van der Waals surface area contributed by atoms with Crippen molar-refractivity contribution in [3.63, 3.8) is 0 Å². The van der Waals surface area contributed by atoms with Crippen LogP contribution in [-0.2, 0) is 11.3 Å². The number of fused-ring (bicyclic) bond motifs is 2. The van der Waals surface area contributed by atoms with Gasteiger partial charge >= 0.3 is 6.09 Å². The van der Waals surface area contributed by atoms with Crippen molar-refractivity contribution in [1.82, 2.24) is 10.3 Å². The highest BCUT2D eigenvalue weighted by Gasteiger charge is 2.30. The first-order valence-corrected chi connectivity index (χ1v) is 7.58. The molecule has 3 rings (SSSR count). The van der Waals surface area contributed by atoms with Crippen LogP contribution >= 0.6 is 0 Å². The molecule has 0 fully saturated rings. The SMILES string of the molecule is CC(C)NC(=O)OCc1cnc2c(c1)C(=O)c1ccccc1C2=O. The van der Waals surface area contributed by atoms with E-state index in [0.29, 0.717) is 16.7 Å². The Morgan fingerprint density at radius 1 is 1.12 bits per heavy atom. The third kappa shape index (κ3) is 2.90. The molecule has 1 amide bonds. The van der Waals surface area contributed by atoms with E-state index in [-0.39, 0.29) is 35.5 Å². The minimum absolute atomic E-state index is 0.0258. The van der Waals surface area contributed by atoms with Gasteiger partial charge in [-0.05, 0) is 19.9 Å². The van der Waals surface area contributed by atoms with Gasteiger partial charge in [-0.3, -0.25) is 14.6 Å². The second-order valence-electron chi connectivity index (χ2n) is 5.82. The number of carbonyl (C=O) groups excluding carboxylic acids is 3. The predicted molar refractivity (Wildman–Crippen MR) is 86.0 cm³/mol. The van der Waals surface area contributed by atoms with E-state index in [1.165, 1.54) is 6.20 Å². The first-order chi connectivity index (χ1) is 11.5. The fraction of sp³-hybridized carbons (Fsp3) is 0.222. The number of benzene rings is 1. The van der Waals surface area contributed by atoms with Crippen LogP contribution in [0.5, 0.6) is 0 Å². The molecule has 1 aromatic heterocycles. The predicted octanol–water partition coefficient (Wildman–Crippen LogP) is 2.49. The van der Waals surface area contributed by atoms with Gasteiger partial charge in [0.25, 0.3) is 0 Å². The van der Waals surface area contributed by atoms with Gasteiger partial charge in [0.2, 0.25) is 5.78 Å². The Morgan fingerprint density at radius 2 is 1.79 bits per heavy atom.